The van der Waals surface area contributed by atoms with Crippen LogP contribution in [0.4, 0.5) is 0 Å². The summed E-state index contributed by atoms with van der Waals surface area (Å²) in [5, 5.41) is 7.37. The average molecular weight is 235 g/mol. The fraction of sp³-hybridized carbons (Fsp3) is 0.692. The van der Waals surface area contributed by atoms with Gasteiger partial charge in [-0.2, -0.15) is 5.10 Å². The van der Waals surface area contributed by atoms with Crippen molar-refractivity contribution in [3.05, 3.63) is 17.5 Å². The van der Waals surface area contributed by atoms with E-state index in [1.165, 1.54) is 12.8 Å². The van der Waals surface area contributed by atoms with Gasteiger partial charge in [0.25, 0.3) is 5.91 Å². The Labute approximate surface area is 102 Å². The summed E-state index contributed by atoms with van der Waals surface area (Å²) in [5.41, 5.74) is 1.58. The summed E-state index contributed by atoms with van der Waals surface area (Å²) in [4.78, 5) is 12.0. The van der Waals surface area contributed by atoms with Crippen molar-refractivity contribution in [2.45, 2.75) is 39.0 Å². The van der Waals surface area contributed by atoms with E-state index in [0.717, 1.165) is 12.2 Å². The van der Waals surface area contributed by atoms with Crippen molar-refractivity contribution in [2.75, 3.05) is 6.54 Å². The predicted octanol–water partition coefficient (Wildman–Crippen LogP) is 1.86. The molecule has 2 rings (SSSR count). The fourth-order valence-corrected chi connectivity index (χ4v) is 1.70. The van der Waals surface area contributed by atoms with Crippen molar-refractivity contribution < 1.29 is 4.79 Å². The molecule has 1 fully saturated rings. The highest BCUT2D eigenvalue weighted by molar-refractivity contribution is 5.92. The molecule has 1 aromatic heterocycles. The number of hydrogen-bond donors (Lipinski definition) is 1. The van der Waals surface area contributed by atoms with Crippen LogP contribution >= 0.6 is 0 Å². The number of nitrogens with zero attached hydrogens (tertiary/aromatic N) is 2. The lowest BCUT2D eigenvalue weighted by Crippen LogP contribution is -2.27. The van der Waals surface area contributed by atoms with Gasteiger partial charge in [0.2, 0.25) is 0 Å². The molecule has 1 heterocycles. The molecular formula is C13H21N3O. The SMILES string of the molecule is Cn1nc(C(C)(C)C)cc1C(=O)NCC1CC1. The van der Waals surface area contributed by atoms with E-state index >= 15 is 0 Å². The van der Waals surface area contributed by atoms with Crippen LogP contribution < -0.4 is 5.32 Å². The first-order valence-electron chi connectivity index (χ1n) is 6.20. The minimum Gasteiger partial charge on any atom is -0.350 e. The van der Waals surface area contributed by atoms with Crippen LogP contribution in [-0.2, 0) is 12.5 Å². The zero-order valence-corrected chi connectivity index (χ0v) is 11.1. The van der Waals surface area contributed by atoms with E-state index in [2.05, 4.69) is 31.2 Å². The molecule has 0 aliphatic heterocycles. The third kappa shape index (κ3) is 2.87. The molecule has 0 unspecified atom stereocenters. The molecule has 4 nitrogen and oxygen atoms in total. The molecule has 1 amide bonds. The van der Waals surface area contributed by atoms with Gasteiger partial charge in [-0.05, 0) is 24.8 Å². The normalized spacial score (nSPS) is 16.0. The standard InChI is InChI=1S/C13H21N3O/c1-13(2,3)11-7-10(16(4)15-11)12(17)14-8-9-5-6-9/h7,9H,5-6,8H2,1-4H3,(H,14,17). The van der Waals surface area contributed by atoms with Crippen LogP contribution in [0.5, 0.6) is 0 Å². The second-order valence-electron chi connectivity index (χ2n) is 5.94. The second-order valence-corrected chi connectivity index (χ2v) is 5.94. The van der Waals surface area contributed by atoms with Crippen LogP contribution in [0.25, 0.3) is 0 Å². The maximum absolute atomic E-state index is 12.0. The van der Waals surface area contributed by atoms with Gasteiger partial charge in [0, 0.05) is 19.0 Å². The highest BCUT2D eigenvalue weighted by Crippen LogP contribution is 2.27. The van der Waals surface area contributed by atoms with Crippen molar-refractivity contribution in [3.8, 4) is 0 Å². The third-order valence-corrected chi connectivity index (χ3v) is 3.13. The van der Waals surface area contributed by atoms with Crippen molar-refractivity contribution in [3.63, 3.8) is 0 Å². The molecule has 0 saturated heterocycles. The van der Waals surface area contributed by atoms with Gasteiger partial charge < -0.3 is 5.32 Å². The molecule has 17 heavy (non-hydrogen) atoms. The number of carbonyl (C=O) groups excluding carboxylic acids is 1. The molecule has 94 valence electrons. The number of aromatic nitrogens is 2. The Morgan fingerprint density at radius 3 is 2.65 bits per heavy atom. The molecule has 0 atom stereocenters. The number of nitrogens with one attached hydrogen (secondary N) is 1. The Kier molecular flexibility index (Phi) is 2.98. The maximum Gasteiger partial charge on any atom is 0.269 e. The first kappa shape index (κ1) is 12.1. The molecule has 0 bridgehead atoms. The van der Waals surface area contributed by atoms with Gasteiger partial charge in [-0.3, -0.25) is 9.48 Å². The molecule has 1 aromatic rings. The van der Waals surface area contributed by atoms with E-state index in [9.17, 15) is 4.79 Å². The first-order chi connectivity index (χ1) is 7.88. The maximum atomic E-state index is 12.0. The van der Waals surface area contributed by atoms with Crippen LogP contribution in [0.1, 0.15) is 49.8 Å². The summed E-state index contributed by atoms with van der Waals surface area (Å²) in [6.07, 6.45) is 2.50. The van der Waals surface area contributed by atoms with E-state index in [0.29, 0.717) is 11.6 Å². The van der Waals surface area contributed by atoms with Gasteiger partial charge >= 0.3 is 0 Å². The largest absolute Gasteiger partial charge is 0.350 e. The zero-order chi connectivity index (χ0) is 12.6. The quantitative estimate of drug-likeness (QED) is 0.869. The summed E-state index contributed by atoms with van der Waals surface area (Å²) in [5.74, 6) is 0.691. The van der Waals surface area contributed by atoms with Gasteiger partial charge in [0.15, 0.2) is 0 Å². The number of amides is 1. The van der Waals surface area contributed by atoms with Crippen LogP contribution in [-0.4, -0.2) is 22.2 Å². The molecule has 1 aliphatic carbocycles. The molecule has 1 saturated carbocycles. The van der Waals surface area contributed by atoms with E-state index in [-0.39, 0.29) is 11.3 Å². The second kappa shape index (κ2) is 4.17. The lowest BCUT2D eigenvalue weighted by molar-refractivity contribution is 0.0942. The minimum absolute atomic E-state index is 0.0117. The molecule has 0 radical (unpaired) electrons. The van der Waals surface area contributed by atoms with Crippen molar-refractivity contribution in [2.24, 2.45) is 13.0 Å². The Morgan fingerprint density at radius 2 is 2.18 bits per heavy atom. The van der Waals surface area contributed by atoms with E-state index in [1.807, 2.05) is 13.1 Å². The first-order valence-corrected chi connectivity index (χ1v) is 6.20. The highest BCUT2D eigenvalue weighted by atomic mass is 16.2. The van der Waals surface area contributed by atoms with Crippen LogP contribution in [0.3, 0.4) is 0 Å². The van der Waals surface area contributed by atoms with Gasteiger partial charge in [0.05, 0.1) is 5.69 Å². The monoisotopic (exact) mass is 235 g/mol. The van der Waals surface area contributed by atoms with Crippen LogP contribution in [0.15, 0.2) is 6.07 Å². The predicted molar refractivity (Wildman–Crippen MR) is 67.0 cm³/mol. The summed E-state index contributed by atoms with van der Waals surface area (Å²) in [7, 11) is 1.82. The topological polar surface area (TPSA) is 46.9 Å². The van der Waals surface area contributed by atoms with Crippen molar-refractivity contribution in [1.82, 2.24) is 15.1 Å². The highest BCUT2D eigenvalue weighted by Gasteiger charge is 2.24. The van der Waals surface area contributed by atoms with E-state index < -0.39 is 0 Å². The third-order valence-electron chi connectivity index (χ3n) is 3.13. The Hall–Kier alpha value is -1.32. The van der Waals surface area contributed by atoms with Crippen LogP contribution in [0.2, 0.25) is 0 Å². The van der Waals surface area contributed by atoms with Gasteiger partial charge in [0.1, 0.15) is 5.69 Å². The number of hydrogen-bond acceptors (Lipinski definition) is 2. The summed E-state index contributed by atoms with van der Waals surface area (Å²) < 4.78 is 1.67. The smallest absolute Gasteiger partial charge is 0.269 e. The number of aryl methyl sites for hydroxylation is 1. The molecule has 4 heteroatoms. The summed E-state index contributed by atoms with van der Waals surface area (Å²) in [6.45, 7) is 7.10. The molecule has 0 aromatic carbocycles. The lowest BCUT2D eigenvalue weighted by Gasteiger charge is -2.13. The molecule has 1 N–H and O–H groups in total. The Bertz CT molecular complexity index is 424. The average Bonchev–Trinajstić information content (AvgIpc) is 2.95. The molecular weight excluding hydrogens is 214 g/mol. The van der Waals surface area contributed by atoms with Gasteiger partial charge in [-0.25, -0.2) is 0 Å². The van der Waals surface area contributed by atoms with Crippen molar-refractivity contribution in [1.29, 1.82) is 0 Å². The van der Waals surface area contributed by atoms with Gasteiger partial charge in [-0.15, -0.1) is 0 Å². The minimum atomic E-state index is -0.0210. The fourth-order valence-electron chi connectivity index (χ4n) is 1.70. The van der Waals surface area contributed by atoms with E-state index in [4.69, 9.17) is 0 Å². The van der Waals surface area contributed by atoms with Crippen molar-refractivity contribution >= 4 is 5.91 Å². The number of rotatable bonds is 3. The van der Waals surface area contributed by atoms with E-state index in [1.54, 1.807) is 4.68 Å². The van der Waals surface area contributed by atoms with Crippen LogP contribution in [0, 0.1) is 5.92 Å². The van der Waals surface area contributed by atoms with Gasteiger partial charge in [-0.1, -0.05) is 20.8 Å². The molecule has 1 aliphatic rings. The molecule has 0 spiro atoms. The Morgan fingerprint density at radius 1 is 1.53 bits per heavy atom. The number of carbonyl (C=O) groups is 1. The Balaban J connectivity index is 2.08. The zero-order valence-electron chi connectivity index (χ0n) is 11.1. The summed E-state index contributed by atoms with van der Waals surface area (Å²) >= 11 is 0. The lowest BCUT2D eigenvalue weighted by atomic mass is 9.92. The summed E-state index contributed by atoms with van der Waals surface area (Å²) in [6, 6.07) is 1.89.